The molecule has 5 nitrogen and oxygen atoms in total. The number of anilines is 1. The molecule has 0 atom stereocenters. The van der Waals surface area contributed by atoms with Crippen molar-refractivity contribution in [1.82, 2.24) is 5.32 Å². The van der Waals surface area contributed by atoms with Gasteiger partial charge in [0.2, 0.25) is 15.9 Å². The van der Waals surface area contributed by atoms with Gasteiger partial charge in [0, 0.05) is 18.1 Å². The van der Waals surface area contributed by atoms with E-state index in [1.165, 1.54) is 15.4 Å². The van der Waals surface area contributed by atoms with E-state index in [4.69, 9.17) is 0 Å². The zero-order valence-electron chi connectivity index (χ0n) is 16.9. The van der Waals surface area contributed by atoms with E-state index in [0.717, 1.165) is 28.9 Å². The minimum Gasteiger partial charge on any atom is -0.354 e. The maximum Gasteiger partial charge on any atom is 0.240 e. The third kappa shape index (κ3) is 6.56. The molecule has 0 heterocycles. The zero-order valence-corrected chi connectivity index (χ0v) is 18.5. The van der Waals surface area contributed by atoms with E-state index in [2.05, 4.69) is 36.5 Å². The molecule has 2 rings (SSSR count). The first kappa shape index (κ1) is 22.3. The van der Waals surface area contributed by atoms with Gasteiger partial charge in [0.1, 0.15) is 6.54 Å². The van der Waals surface area contributed by atoms with Crippen LogP contribution in [-0.2, 0) is 20.6 Å². The highest BCUT2D eigenvalue weighted by Gasteiger charge is 2.22. The number of nitrogens with one attached hydrogen (secondary N) is 1. The third-order valence-corrected chi connectivity index (χ3v) is 6.65. The van der Waals surface area contributed by atoms with Crippen LogP contribution in [0.4, 0.5) is 5.69 Å². The Morgan fingerprint density at radius 2 is 1.75 bits per heavy atom. The summed E-state index contributed by atoms with van der Waals surface area (Å²) in [6, 6.07) is 13.8. The summed E-state index contributed by atoms with van der Waals surface area (Å²) in [5.41, 5.74) is 4.88. The van der Waals surface area contributed by atoms with Crippen LogP contribution in [0.1, 0.15) is 22.3 Å². The molecule has 0 unspecified atom stereocenters. The summed E-state index contributed by atoms with van der Waals surface area (Å²) in [6.45, 7) is 6.13. The van der Waals surface area contributed by atoms with Crippen LogP contribution in [0.2, 0.25) is 0 Å². The second-order valence-corrected chi connectivity index (χ2v) is 9.89. The summed E-state index contributed by atoms with van der Waals surface area (Å²) < 4.78 is 25.6. The van der Waals surface area contributed by atoms with Crippen LogP contribution in [0, 0.1) is 20.8 Å². The monoisotopic (exact) mass is 420 g/mol. The Bertz CT molecular complexity index is 910. The van der Waals surface area contributed by atoms with Gasteiger partial charge in [-0.25, -0.2) is 8.42 Å². The molecule has 2 aromatic rings. The standard InChI is InChI=1S/C21H28N2O3S2/c1-16-8-10-19(11-9-16)15-27-13-12-22-21(24)14-23(28(4,25)26)20-7-5-6-17(2)18(20)3/h5-11H,12-15H2,1-4H3,(H,22,24). The molecule has 1 amide bonds. The molecule has 0 fully saturated rings. The summed E-state index contributed by atoms with van der Waals surface area (Å²) in [5, 5.41) is 2.82. The first-order valence-corrected chi connectivity index (χ1v) is 12.1. The number of sulfonamides is 1. The highest BCUT2D eigenvalue weighted by molar-refractivity contribution is 7.98. The maximum atomic E-state index is 12.3. The number of carbonyl (C=O) groups is 1. The smallest absolute Gasteiger partial charge is 0.240 e. The number of thioether (sulfide) groups is 1. The molecule has 0 spiro atoms. The van der Waals surface area contributed by atoms with Crippen molar-refractivity contribution in [2.75, 3.05) is 29.4 Å². The Morgan fingerprint density at radius 3 is 2.39 bits per heavy atom. The van der Waals surface area contributed by atoms with Gasteiger partial charge in [0.05, 0.1) is 11.9 Å². The number of nitrogens with zero attached hydrogens (tertiary/aromatic N) is 1. The van der Waals surface area contributed by atoms with Crippen LogP contribution < -0.4 is 9.62 Å². The quantitative estimate of drug-likeness (QED) is 0.631. The van der Waals surface area contributed by atoms with Gasteiger partial charge in [-0.1, -0.05) is 42.0 Å². The number of hydrogen-bond acceptors (Lipinski definition) is 4. The Labute approximate surface area is 172 Å². The Kier molecular flexibility index (Phi) is 7.95. The van der Waals surface area contributed by atoms with E-state index >= 15 is 0 Å². The lowest BCUT2D eigenvalue weighted by Crippen LogP contribution is -2.41. The number of benzene rings is 2. The molecule has 28 heavy (non-hydrogen) atoms. The van der Waals surface area contributed by atoms with Crippen LogP contribution >= 0.6 is 11.8 Å². The normalized spacial score (nSPS) is 11.3. The molecule has 0 aliphatic heterocycles. The average Bonchev–Trinajstić information content (AvgIpc) is 2.63. The summed E-state index contributed by atoms with van der Waals surface area (Å²) >= 11 is 1.73. The van der Waals surface area contributed by atoms with Gasteiger partial charge < -0.3 is 5.32 Å². The molecular formula is C21H28N2O3S2. The molecule has 0 radical (unpaired) electrons. The van der Waals surface area contributed by atoms with Crippen molar-refractivity contribution in [3.63, 3.8) is 0 Å². The lowest BCUT2D eigenvalue weighted by molar-refractivity contribution is -0.119. The Morgan fingerprint density at radius 1 is 1.07 bits per heavy atom. The molecule has 0 aromatic heterocycles. The highest BCUT2D eigenvalue weighted by atomic mass is 32.2. The molecule has 0 saturated carbocycles. The van der Waals surface area contributed by atoms with Gasteiger partial charge in [-0.15, -0.1) is 0 Å². The molecular weight excluding hydrogens is 392 g/mol. The van der Waals surface area contributed by atoms with E-state index in [1.54, 1.807) is 23.9 Å². The van der Waals surface area contributed by atoms with Crippen molar-refractivity contribution in [1.29, 1.82) is 0 Å². The van der Waals surface area contributed by atoms with E-state index < -0.39 is 10.0 Å². The van der Waals surface area contributed by atoms with Crippen molar-refractivity contribution in [2.24, 2.45) is 0 Å². The molecule has 7 heteroatoms. The number of carbonyl (C=O) groups excluding carboxylic acids is 1. The fourth-order valence-corrected chi connectivity index (χ4v) is 4.44. The van der Waals surface area contributed by atoms with Gasteiger partial charge in [0.15, 0.2) is 0 Å². The van der Waals surface area contributed by atoms with Gasteiger partial charge in [0.25, 0.3) is 0 Å². The van der Waals surface area contributed by atoms with Crippen molar-refractivity contribution in [3.8, 4) is 0 Å². The van der Waals surface area contributed by atoms with Crippen LogP contribution in [-0.4, -0.2) is 39.4 Å². The first-order valence-electron chi connectivity index (χ1n) is 9.12. The molecule has 0 aliphatic carbocycles. The van der Waals surface area contributed by atoms with E-state index in [-0.39, 0.29) is 12.5 Å². The van der Waals surface area contributed by atoms with Gasteiger partial charge in [-0.05, 0) is 43.5 Å². The minimum absolute atomic E-state index is 0.217. The number of hydrogen-bond donors (Lipinski definition) is 1. The fourth-order valence-electron chi connectivity index (χ4n) is 2.71. The van der Waals surface area contributed by atoms with Crippen LogP contribution in [0.3, 0.4) is 0 Å². The van der Waals surface area contributed by atoms with Gasteiger partial charge in [-0.3, -0.25) is 9.10 Å². The second kappa shape index (κ2) is 9.98. The topological polar surface area (TPSA) is 66.5 Å². The summed E-state index contributed by atoms with van der Waals surface area (Å²) in [6.07, 6.45) is 1.12. The molecule has 2 aromatic carbocycles. The molecule has 152 valence electrons. The molecule has 0 saturated heterocycles. The van der Waals surface area contributed by atoms with Crippen LogP contribution in [0.15, 0.2) is 42.5 Å². The maximum absolute atomic E-state index is 12.3. The SMILES string of the molecule is Cc1ccc(CSCCNC(=O)CN(c2cccc(C)c2C)S(C)(=O)=O)cc1. The van der Waals surface area contributed by atoms with Crippen LogP contribution in [0.5, 0.6) is 0 Å². The minimum atomic E-state index is -3.56. The number of amides is 1. The first-order chi connectivity index (χ1) is 13.2. The largest absolute Gasteiger partial charge is 0.354 e. The van der Waals surface area contributed by atoms with Gasteiger partial charge in [-0.2, -0.15) is 11.8 Å². The lowest BCUT2D eigenvalue weighted by atomic mass is 10.1. The van der Waals surface area contributed by atoms with Gasteiger partial charge >= 0.3 is 0 Å². The fraction of sp³-hybridized carbons (Fsp3) is 0.381. The predicted octanol–water partition coefficient (Wildman–Crippen LogP) is 3.43. The van der Waals surface area contributed by atoms with Crippen molar-refractivity contribution in [2.45, 2.75) is 26.5 Å². The second-order valence-electron chi connectivity index (χ2n) is 6.88. The number of aryl methyl sites for hydroxylation is 2. The zero-order chi connectivity index (χ0) is 20.7. The average molecular weight is 421 g/mol. The third-order valence-electron chi connectivity index (χ3n) is 4.49. The van der Waals surface area contributed by atoms with Crippen molar-refractivity contribution in [3.05, 3.63) is 64.7 Å². The van der Waals surface area contributed by atoms with E-state index in [0.29, 0.717) is 12.2 Å². The molecule has 0 aliphatic rings. The molecule has 1 N–H and O–H groups in total. The van der Waals surface area contributed by atoms with Crippen molar-refractivity contribution < 1.29 is 13.2 Å². The van der Waals surface area contributed by atoms with Crippen LogP contribution in [0.25, 0.3) is 0 Å². The summed E-state index contributed by atoms with van der Waals surface area (Å²) in [7, 11) is -3.56. The Hall–Kier alpha value is -1.99. The lowest BCUT2D eigenvalue weighted by Gasteiger charge is -2.24. The van der Waals surface area contributed by atoms with E-state index in [1.807, 2.05) is 19.9 Å². The molecule has 0 bridgehead atoms. The summed E-state index contributed by atoms with van der Waals surface area (Å²) in [4.78, 5) is 12.3. The summed E-state index contributed by atoms with van der Waals surface area (Å²) in [5.74, 6) is 1.35. The number of rotatable bonds is 9. The highest BCUT2D eigenvalue weighted by Crippen LogP contribution is 2.24. The van der Waals surface area contributed by atoms with E-state index in [9.17, 15) is 13.2 Å². The predicted molar refractivity (Wildman–Crippen MR) is 118 cm³/mol. The Balaban J connectivity index is 1.87. The van der Waals surface area contributed by atoms with Crippen molar-refractivity contribution >= 4 is 33.4 Å².